The van der Waals surface area contributed by atoms with E-state index in [2.05, 4.69) is 45.2 Å². The number of aliphatic hydroxyl groups is 1. The topological polar surface area (TPSA) is 145 Å². The molecule has 12 heteroatoms. The Morgan fingerprint density at radius 2 is 1.45 bits per heavy atom. The van der Waals surface area contributed by atoms with Crippen molar-refractivity contribution >= 4 is 102 Å². The average Bonchev–Trinajstić information content (AvgIpc) is 2.66. The third-order valence-corrected chi connectivity index (χ3v) is 7.22. The smallest absolute Gasteiger partial charge is 0.331 e. The number of carboxylic acids is 1. The number of ether oxygens (including phenoxy) is 2. The molecule has 2 rings (SSSR count). The molecule has 6 N–H and O–H groups in total. The molecule has 168 valence electrons. The van der Waals surface area contributed by atoms with Gasteiger partial charge in [-0.25, -0.2) is 4.79 Å². The first kappa shape index (κ1) is 27.2. The second-order valence-corrected chi connectivity index (χ2v) is 11.2. The molecule has 0 bridgehead atoms. The van der Waals surface area contributed by atoms with Gasteiger partial charge < -0.3 is 31.2 Å². The van der Waals surface area contributed by atoms with Gasteiger partial charge in [0.1, 0.15) is 17.8 Å². The van der Waals surface area contributed by atoms with Gasteiger partial charge in [-0.15, -0.1) is 0 Å². The normalized spacial score (nSPS) is 13.9. The second kappa shape index (κ2) is 11.9. The van der Waals surface area contributed by atoms with Gasteiger partial charge in [0.05, 0.1) is 20.4 Å². The summed E-state index contributed by atoms with van der Waals surface area (Å²) in [6.45, 7) is 1.42. The highest BCUT2D eigenvalue weighted by molar-refractivity contribution is 14.1. The van der Waals surface area contributed by atoms with Crippen LogP contribution in [0.4, 0.5) is 0 Å². The lowest BCUT2D eigenvalue weighted by Gasteiger charge is -2.17. The Hall–Kier alpha value is -0.0200. The number of rotatable bonds is 8. The molecule has 0 aliphatic carbocycles. The quantitative estimate of drug-likeness (QED) is 0.180. The maximum Gasteiger partial charge on any atom is 0.331 e. The predicted molar refractivity (Wildman–Crippen MR) is 148 cm³/mol. The summed E-state index contributed by atoms with van der Waals surface area (Å²) in [6.07, 6.45) is -0.811. The molecule has 0 fully saturated rings. The van der Waals surface area contributed by atoms with E-state index in [1.165, 1.54) is 6.92 Å². The van der Waals surface area contributed by atoms with Gasteiger partial charge in [-0.05, 0) is 134 Å². The maximum atomic E-state index is 12.1. The van der Waals surface area contributed by atoms with E-state index in [0.717, 1.165) is 12.7 Å². The van der Waals surface area contributed by atoms with Crippen LogP contribution in [0.5, 0.6) is 17.2 Å². The number of carbonyl (C=O) groups is 2. The predicted octanol–water partition coefficient (Wildman–Crippen LogP) is 3.47. The van der Waals surface area contributed by atoms with Gasteiger partial charge in [0.15, 0.2) is 11.5 Å². The molecule has 0 aromatic heterocycles. The molecule has 0 radical (unpaired) electrons. The molecular formula is C19H18I4N2O6. The van der Waals surface area contributed by atoms with Crippen LogP contribution in [0.25, 0.3) is 0 Å². The summed E-state index contributed by atoms with van der Waals surface area (Å²) < 4.78 is 14.3. The zero-order valence-corrected chi connectivity index (χ0v) is 24.6. The molecule has 0 heterocycles. The van der Waals surface area contributed by atoms with Gasteiger partial charge in [0.2, 0.25) is 0 Å². The van der Waals surface area contributed by atoms with Gasteiger partial charge in [-0.3, -0.25) is 4.79 Å². The average molecular weight is 878 g/mol. The van der Waals surface area contributed by atoms with Gasteiger partial charge in [-0.1, -0.05) is 0 Å². The monoisotopic (exact) mass is 878 g/mol. The van der Waals surface area contributed by atoms with E-state index in [-0.39, 0.29) is 6.42 Å². The molecule has 0 aliphatic rings. The first-order valence-corrected chi connectivity index (χ1v) is 13.0. The summed E-state index contributed by atoms with van der Waals surface area (Å²) in [6, 6.07) is 5.01. The van der Waals surface area contributed by atoms with Crippen molar-refractivity contribution in [3.8, 4) is 17.2 Å². The largest absolute Gasteiger partial charge is 0.480 e. The van der Waals surface area contributed by atoms with Crippen LogP contribution in [0.15, 0.2) is 24.3 Å². The maximum absolute atomic E-state index is 12.1. The number of hydrogen-bond acceptors (Lipinski definition) is 7. The van der Waals surface area contributed by atoms with Crippen molar-refractivity contribution in [1.82, 2.24) is 0 Å². The summed E-state index contributed by atoms with van der Waals surface area (Å²) >= 11 is 8.32. The minimum atomic E-state index is -1.14. The SMILES string of the molecule is C[C@@H](O)[C@H](N)C(=O)Oc1c(I)cc(Oc2c(I)cc(C[C@H](N)C(=O)O)cc2I)cc1I. The third-order valence-electron chi connectivity index (χ3n) is 4.02. The van der Waals surface area contributed by atoms with Crippen molar-refractivity contribution in [3.63, 3.8) is 0 Å². The number of esters is 1. The fourth-order valence-electron chi connectivity index (χ4n) is 2.35. The lowest BCUT2D eigenvalue weighted by molar-refractivity contribution is -0.139. The van der Waals surface area contributed by atoms with E-state index in [1.807, 2.05) is 57.3 Å². The van der Waals surface area contributed by atoms with E-state index in [9.17, 15) is 14.7 Å². The highest BCUT2D eigenvalue weighted by Gasteiger charge is 2.24. The summed E-state index contributed by atoms with van der Waals surface area (Å²) in [4.78, 5) is 23.1. The van der Waals surface area contributed by atoms with E-state index in [1.54, 1.807) is 12.1 Å². The number of aliphatic carboxylic acids is 1. The third kappa shape index (κ3) is 7.49. The Morgan fingerprint density at radius 1 is 0.968 bits per heavy atom. The van der Waals surface area contributed by atoms with Gasteiger partial charge in [-0.2, -0.15) is 0 Å². The fraction of sp³-hybridized carbons (Fsp3) is 0.263. The Balaban J connectivity index is 2.25. The van der Waals surface area contributed by atoms with Crippen LogP contribution >= 0.6 is 90.4 Å². The van der Waals surface area contributed by atoms with Crippen molar-refractivity contribution in [2.75, 3.05) is 0 Å². The molecule has 0 unspecified atom stereocenters. The number of aliphatic hydroxyl groups excluding tert-OH is 1. The van der Waals surface area contributed by atoms with Crippen LogP contribution in [0.1, 0.15) is 12.5 Å². The van der Waals surface area contributed by atoms with Crippen LogP contribution in [-0.4, -0.2) is 40.3 Å². The number of hydrogen-bond donors (Lipinski definition) is 4. The van der Waals surface area contributed by atoms with E-state index >= 15 is 0 Å². The van der Waals surface area contributed by atoms with Crippen LogP contribution in [0.2, 0.25) is 0 Å². The number of benzene rings is 2. The van der Waals surface area contributed by atoms with Crippen LogP contribution in [0, 0.1) is 14.3 Å². The Labute approximate surface area is 233 Å². The van der Waals surface area contributed by atoms with Crippen LogP contribution in [-0.2, 0) is 16.0 Å². The number of nitrogens with two attached hydrogens (primary N) is 2. The highest BCUT2D eigenvalue weighted by Crippen LogP contribution is 2.37. The summed E-state index contributed by atoms with van der Waals surface area (Å²) in [7, 11) is 0. The van der Waals surface area contributed by atoms with Gasteiger partial charge in [0, 0.05) is 0 Å². The van der Waals surface area contributed by atoms with Gasteiger partial charge in [0.25, 0.3) is 0 Å². The van der Waals surface area contributed by atoms with Crippen LogP contribution in [0.3, 0.4) is 0 Å². The van der Waals surface area contributed by atoms with Crippen molar-refractivity contribution in [2.45, 2.75) is 31.5 Å². The molecule has 3 atom stereocenters. The molecule has 0 saturated heterocycles. The molecule has 2 aromatic rings. The molecule has 0 aliphatic heterocycles. The van der Waals surface area contributed by atoms with E-state index in [0.29, 0.717) is 24.4 Å². The minimum Gasteiger partial charge on any atom is -0.480 e. The standard InChI is InChI=1S/C19H18I4N2O6/c1-7(26)15(25)19(29)31-17-12(22)5-9(6-13(17)23)30-16-10(20)2-8(3-11(16)21)4-14(24)18(27)28/h2-3,5-7,14-15,26H,4,24-25H2,1H3,(H,27,28)/t7-,14+,15+/m1/s1. The van der Waals surface area contributed by atoms with Crippen molar-refractivity contribution in [2.24, 2.45) is 11.5 Å². The second-order valence-electron chi connectivity index (χ2n) is 6.54. The molecule has 2 aromatic carbocycles. The lowest BCUT2D eigenvalue weighted by atomic mass is 10.1. The van der Waals surface area contributed by atoms with E-state index < -0.39 is 30.1 Å². The van der Waals surface area contributed by atoms with Crippen molar-refractivity contribution in [3.05, 3.63) is 44.1 Å². The van der Waals surface area contributed by atoms with Crippen LogP contribution < -0.4 is 20.9 Å². The highest BCUT2D eigenvalue weighted by atomic mass is 127. The summed E-state index contributed by atoms with van der Waals surface area (Å²) in [5.74, 6) is -0.263. The molecule has 31 heavy (non-hydrogen) atoms. The molecule has 8 nitrogen and oxygen atoms in total. The number of carbonyl (C=O) groups excluding carboxylic acids is 1. The lowest BCUT2D eigenvalue weighted by Crippen LogP contribution is -2.43. The summed E-state index contributed by atoms with van der Waals surface area (Å²) in [5, 5.41) is 18.5. The first-order chi connectivity index (χ1) is 14.4. The fourth-order valence-corrected chi connectivity index (χ4v) is 6.39. The Morgan fingerprint density at radius 3 is 1.90 bits per heavy atom. The number of carboxylic acid groups (broad SMARTS) is 1. The van der Waals surface area contributed by atoms with Gasteiger partial charge >= 0.3 is 11.9 Å². The zero-order chi connectivity index (χ0) is 23.5. The molecule has 0 amide bonds. The van der Waals surface area contributed by atoms with E-state index in [4.69, 9.17) is 26.0 Å². The number of halogens is 4. The van der Waals surface area contributed by atoms with Crippen molar-refractivity contribution in [1.29, 1.82) is 0 Å². The Bertz CT molecular complexity index is 955. The molecule has 0 saturated carbocycles. The molecule has 0 spiro atoms. The minimum absolute atomic E-state index is 0.214. The summed E-state index contributed by atoms with van der Waals surface area (Å²) in [5.41, 5.74) is 12.1. The first-order valence-electron chi connectivity index (χ1n) is 8.69. The Kier molecular flexibility index (Phi) is 10.5. The zero-order valence-electron chi connectivity index (χ0n) is 15.9. The molecular weight excluding hydrogens is 860 g/mol. The van der Waals surface area contributed by atoms with Crippen molar-refractivity contribution < 1.29 is 29.3 Å².